The lowest BCUT2D eigenvalue weighted by Crippen LogP contribution is -2.09. The highest BCUT2D eigenvalue weighted by atomic mass is 15.1. The van der Waals surface area contributed by atoms with Crippen molar-refractivity contribution in [1.29, 1.82) is 0 Å². The van der Waals surface area contributed by atoms with Gasteiger partial charge in [0.2, 0.25) is 0 Å². The van der Waals surface area contributed by atoms with Gasteiger partial charge in [-0.1, -0.05) is 140 Å². The molecule has 0 amide bonds. The van der Waals surface area contributed by atoms with Gasteiger partial charge in [0.05, 0.1) is 11.0 Å². The molecule has 0 fully saturated rings. The Kier molecular flexibility index (Phi) is 7.18. The van der Waals surface area contributed by atoms with Crippen LogP contribution < -0.4 is 4.90 Å². The first kappa shape index (κ1) is 30.0. The second-order valence-electron chi connectivity index (χ2n) is 13.4. The first-order chi connectivity index (χ1) is 25.8. The minimum atomic E-state index is 1.11. The fraction of sp³-hybridized carbons (Fsp3) is 0. The van der Waals surface area contributed by atoms with Crippen molar-refractivity contribution in [2.24, 2.45) is 0 Å². The number of nitrogens with zero attached hydrogens (tertiary/aromatic N) is 2. The minimum Gasteiger partial charge on any atom is -0.310 e. The molecular weight excluding hydrogens is 629 g/mol. The zero-order valence-corrected chi connectivity index (χ0v) is 28.5. The van der Waals surface area contributed by atoms with Crippen molar-refractivity contribution in [3.05, 3.63) is 206 Å². The molecule has 1 heterocycles. The van der Waals surface area contributed by atoms with E-state index >= 15 is 0 Å². The number of rotatable bonds is 6. The summed E-state index contributed by atoms with van der Waals surface area (Å²) >= 11 is 0. The van der Waals surface area contributed by atoms with Gasteiger partial charge in [-0.05, 0) is 111 Å². The van der Waals surface area contributed by atoms with Crippen molar-refractivity contribution in [1.82, 2.24) is 4.57 Å². The van der Waals surface area contributed by atoms with E-state index in [-0.39, 0.29) is 0 Å². The second kappa shape index (κ2) is 12.5. The maximum Gasteiger partial charge on any atom is 0.0542 e. The molecule has 10 aromatic rings. The molecule has 0 saturated heterocycles. The van der Waals surface area contributed by atoms with Crippen molar-refractivity contribution in [2.75, 3.05) is 4.90 Å². The van der Waals surface area contributed by atoms with Crippen LogP contribution in [0.3, 0.4) is 0 Å². The van der Waals surface area contributed by atoms with E-state index in [4.69, 9.17) is 0 Å². The lowest BCUT2D eigenvalue weighted by atomic mass is 9.87. The molecule has 10 rings (SSSR count). The third-order valence-electron chi connectivity index (χ3n) is 10.3. The number of aromatic nitrogens is 1. The maximum atomic E-state index is 2.39. The molecule has 1 aromatic heterocycles. The zero-order chi connectivity index (χ0) is 34.4. The Morgan fingerprint density at radius 3 is 1.71 bits per heavy atom. The number of hydrogen-bond donors (Lipinski definition) is 0. The highest BCUT2D eigenvalue weighted by molar-refractivity contribution is 6.15. The first-order valence-electron chi connectivity index (χ1n) is 17.9. The Balaban J connectivity index is 1.20. The van der Waals surface area contributed by atoms with E-state index < -0.39 is 0 Å². The molecule has 0 saturated carbocycles. The van der Waals surface area contributed by atoms with Crippen molar-refractivity contribution in [2.45, 2.75) is 0 Å². The van der Waals surface area contributed by atoms with Crippen LogP contribution in [-0.4, -0.2) is 4.57 Å². The molecule has 2 heteroatoms. The fourth-order valence-electron chi connectivity index (χ4n) is 8.04. The summed E-state index contributed by atoms with van der Waals surface area (Å²) in [6, 6.07) is 74.7. The molecule has 0 bridgehead atoms. The van der Waals surface area contributed by atoms with Gasteiger partial charge in [0, 0.05) is 33.5 Å². The molecule has 0 aliphatic carbocycles. The van der Waals surface area contributed by atoms with E-state index in [0.29, 0.717) is 0 Å². The number of hydrogen-bond acceptors (Lipinski definition) is 1. The third kappa shape index (κ3) is 4.96. The normalized spacial score (nSPS) is 11.5. The molecule has 0 radical (unpaired) electrons. The minimum absolute atomic E-state index is 1.11. The van der Waals surface area contributed by atoms with Crippen LogP contribution in [0.1, 0.15) is 0 Å². The average molecular weight is 663 g/mol. The average Bonchev–Trinajstić information content (AvgIpc) is 3.55. The van der Waals surface area contributed by atoms with E-state index in [1.165, 1.54) is 65.6 Å². The Hall–Kier alpha value is -6.90. The van der Waals surface area contributed by atoms with E-state index in [2.05, 4.69) is 216 Å². The van der Waals surface area contributed by atoms with Crippen LogP contribution in [0.25, 0.3) is 71.3 Å². The molecule has 0 aliphatic rings. The molecule has 0 unspecified atom stereocenters. The molecule has 9 aromatic carbocycles. The fourth-order valence-corrected chi connectivity index (χ4v) is 8.04. The molecule has 2 nitrogen and oxygen atoms in total. The van der Waals surface area contributed by atoms with Crippen molar-refractivity contribution in [3.8, 4) is 27.9 Å². The van der Waals surface area contributed by atoms with Gasteiger partial charge < -0.3 is 9.47 Å². The Bertz CT molecular complexity index is 2890. The predicted molar refractivity (Wildman–Crippen MR) is 221 cm³/mol. The molecule has 244 valence electrons. The van der Waals surface area contributed by atoms with Gasteiger partial charge in [-0.2, -0.15) is 0 Å². The monoisotopic (exact) mass is 662 g/mol. The number of benzene rings is 9. The standard InChI is InChI=1S/C50H34N2/c1-4-16-35(17-5-1)42-23-12-13-26-46(42)50-43-24-11-10-18-36(43)32-37-33-40(28-30-44(37)50)51(38-19-6-2-7-20-38)41-29-31-49-47(34-41)45-25-14-15-27-48(45)52(49)39-21-8-3-9-22-39/h1-34H. The SMILES string of the molecule is c1ccc(-c2ccccc2-c2c3ccccc3cc3cc(N(c4ccccc4)c4ccc5c(c4)c4ccccc4n5-c4ccccc4)ccc23)cc1. The smallest absolute Gasteiger partial charge is 0.0542 e. The highest BCUT2D eigenvalue weighted by Crippen LogP contribution is 2.44. The molecule has 0 N–H and O–H groups in total. The number of anilines is 3. The summed E-state index contributed by atoms with van der Waals surface area (Å²) in [7, 11) is 0. The summed E-state index contributed by atoms with van der Waals surface area (Å²) in [6.45, 7) is 0. The van der Waals surface area contributed by atoms with Gasteiger partial charge in [0.15, 0.2) is 0 Å². The lowest BCUT2D eigenvalue weighted by molar-refractivity contribution is 1.18. The van der Waals surface area contributed by atoms with E-state index in [1.54, 1.807) is 0 Å². The van der Waals surface area contributed by atoms with E-state index in [9.17, 15) is 0 Å². The van der Waals surface area contributed by atoms with Gasteiger partial charge in [-0.3, -0.25) is 0 Å². The van der Waals surface area contributed by atoms with Crippen LogP contribution in [0.15, 0.2) is 206 Å². The van der Waals surface area contributed by atoms with Gasteiger partial charge in [0.25, 0.3) is 0 Å². The summed E-state index contributed by atoms with van der Waals surface area (Å²) in [4.78, 5) is 2.39. The van der Waals surface area contributed by atoms with Gasteiger partial charge in [-0.15, -0.1) is 0 Å². The van der Waals surface area contributed by atoms with Crippen molar-refractivity contribution < 1.29 is 0 Å². The van der Waals surface area contributed by atoms with Crippen LogP contribution in [0.5, 0.6) is 0 Å². The second-order valence-corrected chi connectivity index (χ2v) is 13.4. The number of para-hydroxylation sites is 3. The van der Waals surface area contributed by atoms with Gasteiger partial charge >= 0.3 is 0 Å². The largest absolute Gasteiger partial charge is 0.310 e. The van der Waals surface area contributed by atoms with Crippen LogP contribution >= 0.6 is 0 Å². The van der Waals surface area contributed by atoms with Gasteiger partial charge in [-0.25, -0.2) is 0 Å². The van der Waals surface area contributed by atoms with Crippen LogP contribution in [0.2, 0.25) is 0 Å². The lowest BCUT2D eigenvalue weighted by Gasteiger charge is -2.26. The van der Waals surface area contributed by atoms with E-state index in [1.807, 2.05) is 0 Å². The summed E-state index contributed by atoms with van der Waals surface area (Å²) in [5, 5.41) is 7.39. The summed E-state index contributed by atoms with van der Waals surface area (Å²) < 4.78 is 2.37. The predicted octanol–water partition coefficient (Wildman–Crippen LogP) is 13.9. The molecule has 0 spiro atoms. The van der Waals surface area contributed by atoms with Crippen molar-refractivity contribution in [3.63, 3.8) is 0 Å². The zero-order valence-electron chi connectivity index (χ0n) is 28.5. The summed E-state index contributed by atoms with van der Waals surface area (Å²) in [5.74, 6) is 0. The van der Waals surface area contributed by atoms with Crippen LogP contribution in [0.4, 0.5) is 17.1 Å². The molecule has 0 atom stereocenters. The third-order valence-corrected chi connectivity index (χ3v) is 10.3. The molecule has 0 aliphatic heterocycles. The topological polar surface area (TPSA) is 8.17 Å². The Labute approximate surface area is 303 Å². The Morgan fingerprint density at radius 1 is 0.327 bits per heavy atom. The molecular formula is C50H34N2. The first-order valence-corrected chi connectivity index (χ1v) is 17.9. The summed E-state index contributed by atoms with van der Waals surface area (Å²) in [5.41, 5.74) is 11.9. The van der Waals surface area contributed by atoms with Crippen LogP contribution in [0, 0.1) is 0 Å². The summed E-state index contributed by atoms with van der Waals surface area (Å²) in [6.07, 6.45) is 0. The maximum absolute atomic E-state index is 2.39. The number of fused-ring (bicyclic) bond motifs is 5. The van der Waals surface area contributed by atoms with E-state index in [0.717, 1.165) is 22.7 Å². The quantitative estimate of drug-likeness (QED) is 0.161. The van der Waals surface area contributed by atoms with Crippen LogP contribution in [-0.2, 0) is 0 Å². The molecule has 52 heavy (non-hydrogen) atoms. The van der Waals surface area contributed by atoms with Crippen molar-refractivity contribution >= 4 is 60.4 Å². The highest BCUT2D eigenvalue weighted by Gasteiger charge is 2.19. The Morgan fingerprint density at radius 2 is 0.904 bits per heavy atom. The van der Waals surface area contributed by atoms with Gasteiger partial charge in [0.1, 0.15) is 0 Å².